The summed E-state index contributed by atoms with van der Waals surface area (Å²) in [7, 11) is 1.22. The van der Waals surface area contributed by atoms with Gasteiger partial charge in [0.25, 0.3) is 0 Å². The van der Waals surface area contributed by atoms with E-state index in [1.54, 1.807) is 13.8 Å². The molecule has 4 N–H and O–H groups in total. The van der Waals surface area contributed by atoms with Crippen LogP contribution in [0.2, 0.25) is 0 Å². The third-order valence-electron chi connectivity index (χ3n) is 4.53. The Morgan fingerprint density at radius 3 is 2.70 bits per heavy atom. The molecule has 1 aliphatic carbocycles. The fourth-order valence-electron chi connectivity index (χ4n) is 3.45. The maximum atomic E-state index is 11.9. The Morgan fingerprint density at radius 2 is 2.17 bits per heavy atom. The predicted octanol–water partition coefficient (Wildman–Crippen LogP) is -1.09. The molecule has 1 aliphatic heterocycles. The van der Waals surface area contributed by atoms with Gasteiger partial charge in [-0.15, -0.1) is 0 Å². The molecular formula is C15H24O8. The van der Waals surface area contributed by atoms with Gasteiger partial charge in [0.2, 0.25) is 6.29 Å². The maximum Gasteiger partial charge on any atom is 0.337 e. The van der Waals surface area contributed by atoms with Crippen LogP contribution in [0.1, 0.15) is 20.3 Å². The number of fused-ring (bicyclic) bond motifs is 1. The number of hydrogen-bond donors (Lipinski definition) is 4. The lowest BCUT2D eigenvalue weighted by Gasteiger charge is -2.42. The molecule has 23 heavy (non-hydrogen) atoms. The number of aliphatic hydroxyl groups is 4. The highest BCUT2D eigenvalue weighted by molar-refractivity contribution is 5.89. The molecule has 0 amide bonds. The molecule has 0 aromatic rings. The van der Waals surface area contributed by atoms with Gasteiger partial charge in [0.15, 0.2) is 0 Å². The number of esters is 1. The van der Waals surface area contributed by atoms with Crippen molar-refractivity contribution in [1.29, 1.82) is 0 Å². The summed E-state index contributed by atoms with van der Waals surface area (Å²) in [4.78, 5) is 11.9. The smallest absolute Gasteiger partial charge is 0.337 e. The Hall–Kier alpha value is -1.19. The minimum atomic E-state index is -2.06. The molecule has 3 unspecified atom stereocenters. The van der Waals surface area contributed by atoms with Crippen LogP contribution in [-0.4, -0.2) is 70.3 Å². The lowest BCUT2D eigenvalue weighted by molar-refractivity contribution is -0.246. The number of hydrogen-bond acceptors (Lipinski definition) is 8. The largest absolute Gasteiger partial charge is 0.472 e. The fraction of sp³-hybridized carbons (Fsp3) is 0.800. The number of rotatable bonds is 5. The minimum Gasteiger partial charge on any atom is -0.472 e. The Bertz CT molecular complexity index is 476. The summed E-state index contributed by atoms with van der Waals surface area (Å²) in [6, 6.07) is 0. The summed E-state index contributed by atoms with van der Waals surface area (Å²) < 4.78 is 15.8. The third-order valence-corrected chi connectivity index (χ3v) is 4.53. The van der Waals surface area contributed by atoms with Crippen molar-refractivity contribution in [2.24, 2.45) is 11.8 Å². The molecule has 0 radical (unpaired) electrons. The van der Waals surface area contributed by atoms with Gasteiger partial charge in [0.05, 0.1) is 43.7 Å². The SMILES string of the molecule is COC(=O)C1=CO[C@@H](OC(C)C)C2C1C[C@H](O)[C@@]2(O)C(O)CO. The number of methoxy groups -OCH3 is 1. The van der Waals surface area contributed by atoms with Crippen LogP contribution >= 0.6 is 0 Å². The monoisotopic (exact) mass is 332 g/mol. The molecule has 1 fully saturated rings. The first kappa shape index (κ1) is 18.2. The van der Waals surface area contributed by atoms with Crippen molar-refractivity contribution in [1.82, 2.24) is 0 Å². The lowest BCUT2D eigenvalue weighted by atomic mass is 9.77. The Morgan fingerprint density at radius 1 is 1.52 bits per heavy atom. The Labute approximate surface area is 134 Å². The molecule has 0 aromatic carbocycles. The van der Waals surface area contributed by atoms with Crippen molar-refractivity contribution in [3.8, 4) is 0 Å². The van der Waals surface area contributed by atoms with Gasteiger partial charge in [-0.2, -0.15) is 0 Å². The fourth-order valence-corrected chi connectivity index (χ4v) is 3.45. The standard InChI is InChI=1S/C15H24O8/c1-7(2)23-14-12-8(9(6-22-14)13(19)21-3)4-10(17)15(12,20)11(18)5-16/h6-8,10-12,14,16-18,20H,4-5H2,1-3H3/t8?,10-,11?,12?,14-,15+/m0/s1. The van der Waals surface area contributed by atoms with E-state index in [-0.39, 0.29) is 18.1 Å². The van der Waals surface area contributed by atoms with E-state index < -0.39 is 48.5 Å². The summed E-state index contributed by atoms with van der Waals surface area (Å²) in [5, 5.41) is 40.5. The first-order valence-corrected chi connectivity index (χ1v) is 7.56. The Balaban J connectivity index is 2.44. The van der Waals surface area contributed by atoms with Gasteiger partial charge in [-0.25, -0.2) is 4.79 Å². The van der Waals surface area contributed by atoms with Crippen LogP contribution in [0.4, 0.5) is 0 Å². The molecule has 132 valence electrons. The third kappa shape index (κ3) is 2.97. The van der Waals surface area contributed by atoms with E-state index in [0.29, 0.717) is 0 Å². The molecular weight excluding hydrogens is 308 g/mol. The average molecular weight is 332 g/mol. The summed E-state index contributed by atoms with van der Waals surface area (Å²) in [6.07, 6.45) is -2.96. The summed E-state index contributed by atoms with van der Waals surface area (Å²) in [6.45, 7) is 2.79. The van der Waals surface area contributed by atoms with Gasteiger partial charge < -0.3 is 34.6 Å². The molecule has 2 aliphatic rings. The van der Waals surface area contributed by atoms with E-state index in [4.69, 9.17) is 14.2 Å². The van der Waals surface area contributed by atoms with E-state index in [1.807, 2.05) is 0 Å². The zero-order valence-electron chi connectivity index (χ0n) is 13.4. The van der Waals surface area contributed by atoms with Crippen molar-refractivity contribution in [3.05, 3.63) is 11.8 Å². The highest BCUT2D eigenvalue weighted by atomic mass is 16.7. The number of carbonyl (C=O) groups is 1. The molecule has 1 heterocycles. The van der Waals surface area contributed by atoms with Crippen LogP contribution in [0, 0.1) is 11.8 Å². The van der Waals surface area contributed by atoms with Gasteiger partial charge in [-0.3, -0.25) is 0 Å². The summed E-state index contributed by atoms with van der Waals surface area (Å²) in [5.41, 5.74) is -1.91. The molecule has 1 saturated carbocycles. The van der Waals surface area contributed by atoms with Crippen LogP contribution in [-0.2, 0) is 19.0 Å². The second-order valence-corrected chi connectivity index (χ2v) is 6.22. The first-order chi connectivity index (χ1) is 10.8. The minimum absolute atomic E-state index is 0.0144. The predicted molar refractivity (Wildman–Crippen MR) is 76.8 cm³/mol. The molecule has 0 bridgehead atoms. The topological polar surface area (TPSA) is 126 Å². The molecule has 0 spiro atoms. The Kier molecular flexibility index (Phi) is 5.32. The van der Waals surface area contributed by atoms with Crippen LogP contribution < -0.4 is 0 Å². The molecule has 0 saturated heterocycles. The van der Waals surface area contributed by atoms with Crippen LogP contribution in [0.25, 0.3) is 0 Å². The molecule has 0 aromatic heterocycles. The molecule has 8 heteroatoms. The van der Waals surface area contributed by atoms with Crippen molar-refractivity contribution in [2.45, 2.75) is 50.5 Å². The van der Waals surface area contributed by atoms with E-state index in [9.17, 15) is 25.2 Å². The zero-order chi connectivity index (χ0) is 17.4. The lowest BCUT2D eigenvalue weighted by Crippen LogP contribution is -2.59. The highest BCUT2D eigenvalue weighted by Gasteiger charge is 2.64. The van der Waals surface area contributed by atoms with Crippen LogP contribution in [0.3, 0.4) is 0 Å². The molecule has 6 atom stereocenters. The normalized spacial score (nSPS) is 37.8. The van der Waals surface area contributed by atoms with E-state index in [1.165, 1.54) is 13.4 Å². The molecule has 2 rings (SSSR count). The van der Waals surface area contributed by atoms with Crippen molar-refractivity contribution >= 4 is 5.97 Å². The van der Waals surface area contributed by atoms with E-state index in [2.05, 4.69) is 0 Å². The number of ether oxygens (including phenoxy) is 3. The summed E-state index contributed by atoms with van der Waals surface area (Å²) >= 11 is 0. The van der Waals surface area contributed by atoms with Crippen molar-refractivity contribution in [2.75, 3.05) is 13.7 Å². The average Bonchev–Trinajstić information content (AvgIpc) is 2.78. The molecule has 8 nitrogen and oxygen atoms in total. The van der Waals surface area contributed by atoms with E-state index >= 15 is 0 Å². The second-order valence-electron chi connectivity index (χ2n) is 6.22. The van der Waals surface area contributed by atoms with Crippen LogP contribution in [0.5, 0.6) is 0 Å². The van der Waals surface area contributed by atoms with E-state index in [0.717, 1.165) is 0 Å². The maximum absolute atomic E-state index is 11.9. The number of aliphatic hydroxyl groups excluding tert-OH is 3. The van der Waals surface area contributed by atoms with Gasteiger partial charge in [0, 0.05) is 5.92 Å². The van der Waals surface area contributed by atoms with Gasteiger partial charge in [0.1, 0.15) is 11.7 Å². The number of carbonyl (C=O) groups excluding carboxylic acids is 1. The van der Waals surface area contributed by atoms with Crippen molar-refractivity contribution < 1.29 is 39.4 Å². The highest BCUT2D eigenvalue weighted by Crippen LogP contribution is 2.50. The summed E-state index contributed by atoms with van der Waals surface area (Å²) in [5.74, 6) is -2.19. The van der Waals surface area contributed by atoms with Gasteiger partial charge in [-0.1, -0.05) is 0 Å². The quantitative estimate of drug-likeness (QED) is 0.468. The zero-order valence-corrected chi connectivity index (χ0v) is 13.4. The van der Waals surface area contributed by atoms with Crippen LogP contribution in [0.15, 0.2) is 11.8 Å². The van der Waals surface area contributed by atoms with Crippen molar-refractivity contribution in [3.63, 3.8) is 0 Å². The van der Waals surface area contributed by atoms with Gasteiger partial charge >= 0.3 is 5.97 Å². The second kappa shape index (κ2) is 6.74. The first-order valence-electron chi connectivity index (χ1n) is 7.56. The van der Waals surface area contributed by atoms with Gasteiger partial charge in [-0.05, 0) is 20.3 Å².